The van der Waals surface area contributed by atoms with Crippen LogP contribution in [0.4, 0.5) is 0 Å². The van der Waals surface area contributed by atoms with Crippen LogP contribution < -0.4 is 5.32 Å². The van der Waals surface area contributed by atoms with Gasteiger partial charge in [-0.3, -0.25) is 4.79 Å². The van der Waals surface area contributed by atoms with E-state index in [4.69, 9.17) is 0 Å². The second-order valence-electron chi connectivity index (χ2n) is 18.1. The van der Waals surface area contributed by atoms with Crippen molar-refractivity contribution in [3.8, 4) is 0 Å². The van der Waals surface area contributed by atoms with Gasteiger partial charge >= 0.3 is 0 Å². The topological polar surface area (TPSA) is 89.8 Å². The summed E-state index contributed by atoms with van der Waals surface area (Å²) in [7, 11) is 0. The van der Waals surface area contributed by atoms with E-state index in [1.54, 1.807) is 0 Å². The van der Waals surface area contributed by atoms with Crippen LogP contribution in [-0.2, 0) is 4.79 Å². The minimum absolute atomic E-state index is 0.0288. The fourth-order valence-corrected chi connectivity index (χ4v) is 8.26. The van der Waals surface area contributed by atoms with Crippen molar-refractivity contribution in [3.05, 3.63) is 24.3 Å². The van der Waals surface area contributed by atoms with Gasteiger partial charge in [-0.2, -0.15) is 0 Å². The molecule has 58 heavy (non-hydrogen) atoms. The zero-order chi connectivity index (χ0) is 42.3. The van der Waals surface area contributed by atoms with E-state index >= 15 is 0 Å². The Bertz CT molecular complexity index is 859. The molecule has 0 radical (unpaired) electrons. The molecule has 0 saturated carbocycles. The molecule has 0 fully saturated rings. The normalized spacial score (nSPS) is 13.5. The van der Waals surface area contributed by atoms with Crippen LogP contribution in [0.15, 0.2) is 24.3 Å². The Kier molecular flexibility index (Phi) is 47.5. The van der Waals surface area contributed by atoms with Gasteiger partial charge in [0.2, 0.25) is 5.91 Å². The van der Waals surface area contributed by atoms with Crippen molar-refractivity contribution in [1.82, 2.24) is 5.32 Å². The van der Waals surface area contributed by atoms with Crippen LogP contribution >= 0.6 is 0 Å². The number of carbonyl (C=O) groups is 1. The molecular formula is C53H103NO4. The molecule has 5 nitrogen and oxygen atoms in total. The lowest BCUT2D eigenvalue weighted by Gasteiger charge is -2.23. The fourth-order valence-electron chi connectivity index (χ4n) is 8.26. The molecule has 0 aliphatic heterocycles. The number of hydrogen-bond donors (Lipinski definition) is 4. The summed E-state index contributed by atoms with van der Waals surface area (Å²) in [6.45, 7) is 4.29. The van der Waals surface area contributed by atoms with E-state index in [1.165, 1.54) is 205 Å². The van der Waals surface area contributed by atoms with Crippen molar-refractivity contribution in [2.24, 2.45) is 0 Å². The average molecular weight is 818 g/mol. The second-order valence-corrected chi connectivity index (χ2v) is 18.1. The van der Waals surface area contributed by atoms with Crippen molar-refractivity contribution >= 4 is 5.91 Å². The standard InChI is InChI=1S/C53H103NO4/c1-3-5-7-9-11-13-15-17-19-21-23-25-27-29-31-33-35-37-39-41-43-45-47-52(57)51(49-55)54-53(58)48-50(56)46-44-42-40-38-36-34-32-30-28-26-24-22-20-18-16-14-12-10-8-6-4-2/h24,26,30,32,50-52,55-57H,3-23,25,27-29,31,33-49H2,1-2H3,(H,54,58)/b26-24-,32-30-. The van der Waals surface area contributed by atoms with Gasteiger partial charge in [0.05, 0.1) is 31.3 Å². The largest absolute Gasteiger partial charge is 0.394 e. The lowest BCUT2D eigenvalue weighted by atomic mass is 10.0. The summed E-state index contributed by atoms with van der Waals surface area (Å²) in [5, 5.41) is 33.6. The van der Waals surface area contributed by atoms with Crippen LogP contribution in [0, 0.1) is 0 Å². The predicted molar refractivity (Wildman–Crippen MR) is 255 cm³/mol. The number of amides is 1. The van der Waals surface area contributed by atoms with Crippen LogP contribution in [0.3, 0.4) is 0 Å². The van der Waals surface area contributed by atoms with E-state index in [2.05, 4.69) is 43.5 Å². The summed E-state index contributed by atoms with van der Waals surface area (Å²) < 4.78 is 0. The Balaban J connectivity index is 3.58. The highest BCUT2D eigenvalue weighted by molar-refractivity contribution is 5.76. The smallest absolute Gasteiger partial charge is 0.222 e. The van der Waals surface area contributed by atoms with Gasteiger partial charge in [-0.15, -0.1) is 0 Å². The quantitative estimate of drug-likeness (QED) is 0.0364. The predicted octanol–water partition coefficient (Wildman–Crippen LogP) is 15.7. The van der Waals surface area contributed by atoms with E-state index < -0.39 is 18.2 Å². The van der Waals surface area contributed by atoms with Gasteiger partial charge in [-0.1, -0.05) is 256 Å². The molecule has 5 heteroatoms. The van der Waals surface area contributed by atoms with Gasteiger partial charge in [0.25, 0.3) is 0 Å². The molecule has 0 rings (SSSR count). The molecule has 0 aromatic carbocycles. The van der Waals surface area contributed by atoms with E-state index in [0.29, 0.717) is 12.8 Å². The van der Waals surface area contributed by atoms with Crippen LogP contribution in [0.25, 0.3) is 0 Å². The van der Waals surface area contributed by atoms with Gasteiger partial charge in [0.1, 0.15) is 0 Å². The minimum atomic E-state index is -0.753. The highest BCUT2D eigenvalue weighted by Crippen LogP contribution is 2.17. The summed E-state index contributed by atoms with van der Waals surface area (Å²) in [5.41, 5.74) is 0. The van der Waals surface area contributed by atoms with Crippen molar-refractivity contribution < 1.29 is 20.1 Å². The minimum Gasteiger partial charge on any atom is -0.394 e. The van der Waals surface area contributed by atoms with Crippen molar-refractivity contribution in [3.63, 3.8) is 0 Å². The molecule has 1 amide bonds. The first-order chi connectivity index (χ1) is 28.5. The van der Waals surface area contributed by atoms with Gasteiger partial charge < -0.3 is 20.6 Å². The third-order valence-electron chi connectivity index (χ3n) is 12.3. The molecule has 0 heterocycles. The fraction of sp³-hybridized carbons (Fsp3) is 0.906. The van der Waals surface area contributed by atoms with Gasteiger partial charge in [-0.25, -0.2) is 0 Å². The van der Waals surface area contributed by atoms with Crippen molar-refractivity contribution in [2.75, 3.05) is 6.61 Å². The van der Waals surface area contributed by atoms with E-state index in [0.717, 1.165) is 44.9 Å². The molecule has 0 aliphatic carbocycles. The van der Waals surface area contributed by atoms with Crippen LogP contribution in [0.5, 0.6) is 0 Å². The van der Waals surface area contributed by atoms with Gasteiger partial charge in [-0.05, 0) is 44.9 Å². The number of allylic oxidation sites excluding steroid dienone is 4. The number of aliphatic hydroxyl groups is 3. The lowest BCUT2D eigenvalue weighted by molar-refractivity contribution is -0.125. The Hall–Kier alpha value is -1.17. The number of hydrogen-bond acceptors (Lipinski definition) is 4. The zero-order valence-electron chi connectivity index (χ0n) is 39.2. The first kappa shape index (κ1) is 56.8. The van der Waals surface area contributed by atoms with Gasteiger partial charge in [0.15, 0.2) is 0 Å². The first-order valence-corrected chi connectivity index (χ1v) is 26.1. The van der Waals surface area contributed by atoms with Crippen LogP contribution in [-0.4, -0.2) is 46.1 Å². The molecule has 0 aromatic heterocycles. The summed E-state index contributed by atoms with van der Waals surface area (Å²) >= 11 is 0. The Morgan fingerprint density at radius 1 is 0.431 bits per heavy atom. The SMILES string of the molecule is CCCCCCCCCCC/C=C\C/C=C\CCCCCCCC(O)CC(=O)NC(CO)C(O)CCCCCCCCCCCCCCCCCCCCCCCC. The number of carbonyl (C=O) groups excluding carboxylic acids is 1. The maximum atomic E-state index is 12.5. The monoisotopic (exact) mass is 818 g/mol. The maximum Gasteiger partial charge on any atom is 0.222 e. The van der Waals surface area contributed by atoms with E-state index in [-0.39, 0.29) is 18.9 Å². The average Bonchev–Trinajstić information content (AvgIpc) is 3.22. The number of aliphatic hydroxyl groups excluding tert-OH is 3. The molecule has 0 aromatic rings. The molecule has 3 atom stereocenters. The maximum absolute atomic E-state index is 12.5. The van der Waals surface area contributed by atoms with E-state index in [1.807, 2.05) is 0 Å². The van der Waals surface area contributed by atoms with Gasteiger partial charge in [0, 0.05) is 0 Å². The summed E-state index contributed by atoms with van der Waals surface area (Å²) in [5.74, 6) is -0.287. The molecule has 0 saturated heterocycles. The summed E-state index contributed by atoms with van der Waals surface area (Å²) in [6.07, 6.45) is 60.3. The van der Waals surface area contributed by atoms with Crippen LogP contribution in [0.1, 0.15) is 284 Å². The van der Waals surface area contributed by atoms with Crippen molar-refractivity contribution in [1.29, 1.82) is 0 Å². The Labute approximate surface area is 362 Å². The van der Waals surface area contributed by atoms with Crippen molar-refractivity contribution in [2.45, 2.75) is 302 Å². The molecular weight excluding hydrogens is 715 g/mol. The zero-order valence-corrected chi connectivity index (χ0v) is 39.2. The lowest BCUT2D eigenvalue weighted by Crippen LogP contribution is -2.46. The third-order valence-corrected chi connectivity index (χ3v) is 12.3. The number of rotatable bonds is 48. The first-order valence-electron chi connectivity index (χ1n) is 26.1. The summed E-state index contributed by atoms with van der Waals surface area (Å²) in [4.78, 5) is 12.5. The Morgan fingerprint density at radius 2 is 0.741 bits per heavy atom. The number of nitrogens with one attached hydrogen (secondary N) is 1. The summed E-state index contributed by atoms with van der Waals surface area (Å²) in [6, 6.07) is -0.663. The van der Waals surface area contributed by atoms with E-state index in [9.17, 15) is 20.1 Å². The number of unbranched alkanes of at least 4 members (excludes halogenated alkanes) is 35. The molecule has 4 N–H and O–H groups in total. The Morgan fingerprint density at radius 3 is 1.09 bits per heavy atom. The van der Waals surface area contributed by atoms with Crippen LogP contribution in [0.2, 0.25) is 0 Å². The second kappa shape index (κ2) is 48.5. The molecule has 3 unspecified atom stereocenters. The highest BCUT2D eigenvalue weighted by atomic mass is 16.3. The molecule has 0 bridgehead atoms. The third kappa shape index (κ3) is 44.4. The molecule has 0 spiro atoms. The molecule has 344 valence electrons. The molecule has 0 aliphatic rings. The highest BCUT2D eigenvalue weighted by Gasteiger charge is 2.21.